The standard InChI is InChI=1S/C26H32N4O/c1-18-27-25-10-6-7-11-26(25)30(18)23-16-21-12-13-22(17-23)29(21)15-14-24(28-19(2)31)20-8-4-3-5-9-20/h3-11,21-24H,12-17H2,1-2H3,(H,28,31)/t21-,22+,23?,24-/m0/s1. The van der Waals surface area contributed by atoms with Crippen LogP contribution in [-0.4, -0.2) is 39.0 Å². The van der Waals surface area contributed by atoms with Crippen molar-refractivity contribution >= 4 is 16.9 Å². The van der Waals surface area contributed by atoms with Crippen LogP contribution < -0.4 is 5.32 Å². The van der Waals surface area contributed by atoms with Gasteiger partial charge in [0.15, 0.2) is 0 Å². The number of aryl methyl sites for hydroxylation is 1. The van der Waals surface area contributed by atoms with Crippen LogP contribution in [0.2, 0.25) is 0 Å². The van der Waals surface area contributed by atoms with Crippen LogP contribution in [-0.2, 0) is 4.79 Å². The Balaban J connectivity index is 1.30. The molecule has 0 radical (unpaired) electrons. The Bertz CT molecular complexity index is 1050. The van der Waals surface area contributed by atoms with Crippen molar-refractivity contribution in [3.05, 3.63) is 66.0 Å². The molecule has 1 unspecified atom stereocenters. The molecule has 0 spiro atoms. The molecule has 31 heavy (non-hydrogen) atoms. The van der Waals surface area contributed by atoms with E-state index in [0.29, 0.717) is 18.1 Å². The fraction of sp³-hybridized carbons (Fsp3) is 0.462. The number of benzene rings is 2. The van der Waals surface area contributed by atoms with E-state index in [1.54, 1.807) is 6.92 Å². The maximum absolute atomic E-state index is 11.8. The second kappa shape index (κ2) is 8.46. The van der Waals surface area contributed by atoms with Gasteiger partial charge in [0, 0.05) is 31.6 Å². The highest BCUT2D eigenvalue weighted by atomic mass is 16.1. The average Bonchev–Trinajstić information content (AvgIpc) is 3.22. The van der Waals surface area contributed by atoms with Gasteiger partial charge < -0.3 is 9.88 Å². The third-order valence-electron chi connectivity index (χ3n) is 7.25. The largest absolute Gasteiger partial charge is 0.349 e. The van der Waals surface area contributed by atoms with Gasteiger partial charge in [-0.3, -0.25) is 9.69 Å². The van der Waals surface area contributed by atoms with Gasteiger partial charge in [-0.1, -0.05) is 42.5 Å². The topological polar surface area (TPSA) is 50.2 Å². The summed E-state index contributed by atoms with van der Waals surface area (Å²) in [7, 11) is 0. The van der Waals surface area contributed by atoms with Gasteiger partial charge in [-0.25, -0.2) is 4.98 Å². The predicted octanol–water partition coefficient (Wildman–Crippen LogP) is 4.78. The van der Waals surface area contributed by atoms with Gasteiger partial charge in [0.25, 0.3) is 0 Å². The fourth-order valence-corrected chi connectivity index (χ4v) is 5.98. The van der Waals surface area contributed by atoms with E-state index in [1.807, 2.05) is 6.07 Å². The summed E-state index contributed by atoms with van der Waals surface area (Å²) >= 11 is 0. The number of aromatic nitrogens is 2. The molecular weight excluding hydrogens is 384 g/mol. The highest BCUT2D eigenvalue weighted by Gasteiger charge is 2.41. The van der Waals surface area contributed by atoms with Crippen LogP contribution in [0.5, 0.6) is 0 Å². The normalized spacial score (nSPS) is 24.4. The molecule has 2 bridgehead atoms. The van der Waals surface area contributed by atoms with Crippen molar-refractivity contribution in [3.63, 3.8) is 0 Å². The number of rotatable bonds is 6. The van der Waals surface area contributed by atoms with E-state index in [0.717, 1.165) is 24.3 Å². The molecule has 2 saturated heterocycles. The van der Waals surface area contributed by atoms with Crippen molar-refractivity contribution in [3.8, 4) is 0 Å². The number of nitrogens with one attached hydrogen (secondary N) is 1. The molecule has 3 heterocycles. The zero-order valence-electron chi connectivity index (χ0n) is 18.5. The molecule has 0 aliphatic carbocycles. The first kappa shape index (κ1) is 20.3. The number of imidazole rings is 1. The quantitative estimate of drug-likeness (QED) is 0.629. The molecule has 1 amide bonds. The lowest BCUT2D eigenvalue weighted by atomic mass is 9.95. The van der Waals surface area contributed by atoms with Crippen molar-refractivity contribution in [1.29, 1.82) is 0 Å². The molecule has 162 valence electrons. The number of para-hydroxylation sites is 2. The number of fused-ring (bicyclic) bond motifs is 3. The summed E-state index contributed by atoms with van der Waals surface area (Å²) < 4.78 is 2.49. The molecule has 5 rings (SSSR count). The van der Waals surface area contributed by atoms with Gasteiger partial charge in [0.05, 0.1) is 17.1 Å². The summed E-state index contributed by atoms with van der Waals surface area (Å²) in [5.41, 5.74) is 3.57. The Morgan fingerprint density at radius 3 is 2.42 bits per heavy atom. The van der Waals surface area contributed by atoms with Crippen molar-refractivity contribution in [2.45, 2.75) is 70.1 Å². The first-order valence-corrected chi connectivity index (χ1v) is 11.6. The van der Waals surface area contributed by atoms with Crippen LogP contribution in [0.25, 0.3) is 11.0 Å². The minimum Gasteiger partial charge on any atom is -0.349 e. The predicted molar refractivity (Wildman–Crippen MR) is 124 cm³/mol. The zero-order valence-corrected chi connectivity index (χ0v) is 18.5. The molecule has 1 aromatic heterocycles. The third kappa shape index (κ3) is 3.99. The molecule has 2 aliphatic heterocycles. The Hall–Kier alpha value is -2.66. The van der Waals surface area contributed by atoms with E-state index in [4.69, 9.17) is 4.98 Å². The Morgan fingerprint density at radius 1 is 1.03 bits per heavy atom. The monoisotopic (exact) mass is 416 g/mol. The molecule has 2 aliphatic rings. The van der Waals surface area contributed by atoms with E-state index < -0.39 is 0 Å². The van der Waals surface area contributed by atoms with Gasteiger partial charge in [-0.05, 0) is 56.7 Å². The lowest BCUT2D eigenvalue weighted by Crippen LogP contribution is -2.44. The summed E-state index contributed by atoms with van der Waals surface area (Å²) in [6.45, 7) is 4.79. The highest BCUT2D eigenvalue weighted by Crippen LogP contribution is 2.42. The lowest BCUT2D eigenvalue weighted by Gasteiger charge is -2.40. The minimum atomic E-state index is 0.0398. The zero-order chi connectivity index (χ0) is 21.4. The Labute approximate surface area is 184 Å². The van der Waals surface area contributed by atoms with Crippen molar-refractivity contribution in [2.75, 3.05) is 6.54 Å². The second-order valence-corrected chi connectivity index (χ2v) is 9.22. The smallest absolute Gasteiger partial charge is 0.217 e. The second-order valence-electron chi connectivity index (χ2n) is 9.22. The molecule has 5 heteroatoms. The van der Waals surface area contributed by atoms with E-state index in [9.17, 15) is 4.79 Å². The number of hydrogen-bond acceptors (Lipinski definition) is 3. The van der Waals surface area contributed by atoms with Crippen molar-refractivity contribution in [1.82, 2.24) is 19.8 Å². The number of hydrogen-bond donors (Lipinski definition) is 1. The van der Waals surface area contributed by atoms with Crippen LogP contribution in [0, 0.1) is 6.92 Å². The van der Waals surface area contributed by atoms with Crippen molar-refractivity contribution < 1.29 is 4.79 Å². The number of carbonyl (C=O) groups is 1. The van der Waals surface area contributed by atoms with Crippen LogP contribution in [0.4, 0.5) is 0 Å². The molecule has 3 aromatic rings. The van der Waals surface area contributed by atoms with E-state index in [-0.39, 0.29) is 11.9 Å². The van der Waals surface area contributed by atoms with Gasteiger partial charge in [0.1, 0.15) is 5.82 Å². The van der Waals surface area contributed by atoms with Crippen molar-refractivity contribution in [2.24, 2.45) is 0 Å². The number of carbonyl (C=O) groups excluding carboxylic acids is 1. The Morgan fingerprint density at radius 2 is 1.71 bits per heavy atom. The molecule has 4 atom stereocenters. The molecular formula is C26H32N4O. The maximum Gasteiger partial charge on any atom is 0.217 e. The van der Waals surface area contributed by atoms with Crippen LogP contribution in [0.1, 0.15) is 62.5 Å². The summed E-state index contributed by atoms with van der Waals surface area (Å²) in [6.07, 6.45) is 5.89. The number of amides is 1. The van der Waals surface area contributed by atoms with Crippen LogP contribution >= 0.6 is 0 Å². The summed E-state index contributed by atoms with van der Waals surface area (Å²) in [4.78, 5) is 19.3. The summed E-state index contributed by atoms with van der Waals surface area (Å²) in [6, 6.07) is 20.8. The fourth-order valence-electron chi connectivity index (χ4n) is 5.98. The van der Waals surface area contributed by atoms with Crippen LogP contribution in [0.15, 0.2) is 54.6 Å². The maximum atomic E-state index is 11.8. The SMILES string of the molecule is CC(=O)N[C@@H](CCN1[C@@H]2CC[C@H]1CC(n1c(C)nc3ccccc31)C2)c1ccccc1. The van der Waals surface area contributed by atoms with Gasteiger partial charge in [-0.15, -0.1) is 0 Å². The number of nitrogens with zero attached hydrogens (tertiary/aromatic N) is 3. The highest BCUT2D eigenvalue weighted by molar-refractivity contribution is 5.76. The van der Waals surface area contributed by atoms with Gasteiger partial charge in [-0.2, -0.15) is 0 Å². The summed E-state index contributed by atoms with van der Waals surface area (Å²) in [5, 5.41) is 3.17. The van der Waals surface area contributed by atoms with E-state index >= 15 is 0 Å². The third-order valence-corrected chi connectivity index (χ3v) is 7.25. The molecule has 0 saturated carbocycles. The Kier molecular flexibility index (Phi) is 5.53. The van der Waals surface area contributed by atoms with Gasteiger partial charge in [0.2, 0.25) is 5.91 Å². The average molecular weight is 417 g/mol. The first-order chi connectivity index (χ1) is 15.1. The van der Waals surface area contributed by atoms with E-state index in [1.165, 1.54) is 36.8 Å². The first-order valence-electron chi connectivity index (χ1n) is 11.6. The van der Waals surface area contributed by atoms with Crippen LogP contribution in [0.3, 0.4) is 0 Å². The molecule has 2 fully saturated rings. The minimum absolute atomic E-state index is 0.0398. The lowest BCUT2D eigenvalue weighted by molar-refractivity contribution is -0.119. The molecule has 2 aromatic carbocycles. The number of piperidine rings is 1. The molecule has 5 nitrogen and oxygen atoms in total. The molecule has 1 N–H and O–H groups in total. The van der Waals surface area contributed by atoms with E-state index in [2.05, 4.69) is 70.2 Å². The summed E-state index contributed by atoms with van der Waals surface area (Å²) in [5.74, 6) is 1.17. The van der Waals surface area contributed by atoms with Gasteiger partial charge >= 0.3 is 0 Å².